The number of benzene rings is 3. The first-order valence-electron chi connectivity index (χ1n) is 14.1. The highest BCUT2D eigenvalue weighted by Crippen LogP contribution is 2.33. The number of hydrogen-bond donors (Lipinski definition) is 3. The summed E-state index contributed by atoms with van der Waals surface area (Å²) >= 11 is 0. The monoisotopic (exact) mass is 573 g/mol. The van der Waals surface area contributed by atoms with E-state index in [-0.39, 0.29) is 30.1 Å². The molecule has 0 saturated heterocycles. The molecule has 10 nitrogen and oxygen atoms in total. The molecule has 2 amide bonds. The average Bonchev–Trinajstić information content (AvgIpc) is 3.02. The normalized spacial score (nSPS) is 14.1. The zero-order chi connectivity index (χ0) is 30.1. The molecule has 1 atom stereocenters. The van der Waals surface area contributed by atoms with Crippen molar-refractivity contribution in [2.75, 3.05) is 11.4 Å². The molecule has 0 heterocycles. The smallest absolute Gasteiger partial charge is 0.334 e. The van der Waals surface area contributed by atoms with Gasteiger partial charge in [0.25, 0.3) is 11.6 Å². The molecule has 1 aliphatic carbocycles. The van der Waals surface area contributed by atoms with E-state index in [1.54, 1.807) is 41.3 Å². The number of aliphatic hydroxyl groups is 1. The third-order valence-electron chi connectivity index (χ3n) is 7.63. The van der Waals surface area contributed by atoms with Crippen molar-refractivity contribution in [3.8, 4) is 0 Å². The second kappa shape index (κ2) is 14.4. The van der Waals surface area contributed by atoms with Gasteiger partial charge in [-0.05, 0) is 66.1 Å². The molecule has 0 bridgehead atoms. The summed E-state index contributed by atoms with van der Waals surface area (Å²) in [6, 6.07) is 21.0. The SMILES string of the molecule is O=C(NCC(O)C(=O)O)c1ccc(CN(C(=O)CCc2cccc([N+](=O)[O-])c2)c2ccc(C3CCCCC3)cc2)cc1. The standard InChI is InChI=1S/C32H35N3O7/c36-29(32(39)40)20-33-31(38)26-12-9-23(10-13-26)21-34(27-16-14-25(15-17-27)24-6-2-1-3-7-24)30(37)18-11-22-5-4-8-28(19-22)35(41)42/h4-5,8-10,12-17,19,24,29,36H,1-3,6-7,11,18,20-21H2,(H,33,38)(H,39,40). The second-order valence-corrected chi connectivity index (χ2v) is 10.6. The molecule has 1 unspecified atom stereocenters. The van der Waals surface area contributed by atoms with Gasteiger partial charge in [0.1, 0.15) is 0 Å². The fraction of sp³-hybridized carbons (Fsp3) is 0.344. The summed E-state index contributed by atoms with van der Waals surface area (Å²) in [5, 5.41) is 31.7. The van der Waals surface area contributed by atoms with Crippen molar-refractivity contribution in [3.63, 3.8) is 0 Å². The number of aliphatic hydroxyl groups excluding tert-OH is 1. The number of nitro groups is 1. The number of rotatable bonds is 12. The molecule has 1 fully saturated rings. The predicted octanol–water partition coefficient (Wildman–Crippen LogP) is 4.98. The zero-order valence-electron chi connectivity index (χ0n) is 23.3. The van der Waals surface area contributed by atoms with Gasteiger partial charge < -0.3 is 20.4 Å². The molecule has 3 aromatic carbocycles. The Morgan fingerprint density at radius 1 is 0.952 bits per heavy atom. The summed E-state index contributed by atoms with van der Waals surface area (Å²) in [5.74, 6) is -1.56. The van der Waals surface area contributed by atoms with E-state index in [2.05, 4.69) is 17.4 Å². The fourth-order valence-electron chi connectivity index (χ4n) is 5.22. The quantitative estimate of drug-likeness (QED) is 0.204. The van der Waals surface area contributed by atoms with E-state index in [0.29, 0.717) is 17.9 Å². The van der Waals surface area contributed by atoms with Crippen LogP contribution in [0.15, 0.2) is 72.8 Å². The largest absolute Gasteiger partial charge is 0.479 e. The molecular weight excluding hydrogens is 538 g/mol. The van der Waals surface area contributed by atoms with Gasteiger partial charge in [0, 0.05) is 29.8 Å². The highest BCUT2D eigenvalue weighted by atomic mass is 16.6. The van der Waals surface area contributed by atoms with E-state index < -0.39 is 29.4 Å². The highest BCUT2D eigenvalue weighted by Gasteiger charge is 2.20. The number of carboxylic acids is 1. The zero-order valence-corrected chi connectivity index (χ0v) is 23.3. The fourth-order valence-corrected chi connectivity index (χ4v) is 5.22. The number of anilines is 1. The van der Waals surface area contributed by atoms with Gasteiger partial charge in [-0.2, -0.15) is 0 Å². The number of amides is 2. The van der Waals surface area contributed by atoms with Crippen LogP contribution >= 0.6 is 0 Å². The summed E-state index contributed by atoms with van der Waals surface area (Å²) in [6.45, 7) is -0.171. The summed E-state index contributed by atoms with van der Waals surface area (Å²) in [6.07, 6.45) is 4.86. The van der Waals surface area contributed by atoms with Crippen LogP contribution in [0.2, 0.25) is 0 Å². The van der Waals surface area contributed by atoms with Gasteiger partial charge in [0.15, 0.2) is 6.10 Å². The lowest BCUT2D eigenvalue weighted by Crippen LogP contribution is -2.36. The number of carbonyl (C=O) groups excluding carboxylic acids is 2. The number of aliphatic carboxylic acids is 1. The van der Waals surface area contributed by atoms with Crippen molar-refractivity contribution < 1.29 is 29.5 Å². The Bertz CT molecular complexity index is 1400. The number of nitro benzene ring substituents is 1. The molecule has 3 N–H and O–H groups in total. The molecule has 220 valence electrons. The predicted molar refractivity (Wildman–Crippen MR) is 157 cm³/mol. The third-order valence-corrected chi connectivity index (χ3v) is 7.63. The lowest BCUT2D eigenvalue weighted by atomic mass is 9.84. The van der Waals surface area contributed by atoms with Gasteiger partial charge in [-0.1, -0.05) is 55.7 Å². The van der Waals surface area contributed by atoms with Gasteiger partial charge in [-0.25, -0.2) is 4.79 Å². The molecule has 0 spiro atoms. The highest BCUT2D eigenvalue weighted by molar-refractivity contribution is 5.95. The van der Waals surface area contributed by atoms with Gasteiger partial charge >= 0.3 is 5.97 Å². The van der Waals surface area contributed by atoms with E-state index >= 15 is 0 Å². The molecule has 1 aliphatic rings. The first-order chi connectivity index (χ1) is 20.2. The molecule has 0 aliphatic heterocycles. The number of nitrogens with one attached hydrogen (secondary N) is 1. The van der Waals surface area contributed by atoms with Crippen LogP contribution in [-0.2, 0) is 22.6 Å². The maximum Gasteiger partial charge on any atom is 0.334 e. The lowest BCUT2D eigenvalue weighted by Gasteiger charge is -2.25. The lowest BCUT2D eigenvalue weighted by molar-refractivity contribution is -0.384. The Morgan fingerprint density at radius 3 is 2.29 bits per heavy atom. The number of hydrogen-bond acceptors (Lipinski definition) is 6. The van der Waals surface area contributed by atoms with E-state index in [9.17, 15) is 29.6 Å². The van der Waals surface area contributed by atoms with Crippen LogP contribution in [0, 0.1) is 10.1 Å². The number of aryl methyl sites for hydroxylation is 1. The Morgan fingerprint density at radius 2 is 1.64 bits per heavy atom. The Balaban J connectivity index is 1.49. The van der Waals surface area contributed by atoms with Crippen molar-refractivity contribution in [1.29, 1.82) is 0 Å². The second-order valence-electron chi connectivity index (χ2n) is 10.6. The number of carbonyl (C=O) groups is 3. The Hall–Kier alpha value is -4.57. The van der Waals surface area contributed by atoms with Crippen LogP contribution in [-0.4, -0.2) is 45.6 Å². The van der Waals surface area contributed by atoms with Crippen LogP contribution in [0.4, 0.5) is 11.4 Å². The van der Waals surface area contributed by atoms with Crippen LogP contribution in [0.3, 0.4) is 0 Å². The Labute approximate surface area is 244 Å². The molecule has 42 heavy (non-hydrogen) atoms. The number of nitrogens with zero attached hydrogens (tertiary/aromatic N) is 2. The van der Waals surface area contributed by atoms with Crippen LogP contribution in [0.1, 0.15) is 71.5 Å². The van der Waals surface area contributed by atoms with Gasteiger partial charge in [-0.3, -0.25) is 19.7 Å². The van der Waals surface area contributed by atoms with Crippen molar-refractivity contribution in [2.24, 2.45) is 0 Å². The summed E-state index contributed by atoms with van der Waals surface area (Å²) in [4.78, 5) is 49.1. The minimum absolute atomic E-state index is 0.0169. The molecule has 10 heteroatoms. The topological polar surface area (TPSA) is 150 Å². The van der Waals surface area contributed by atoms with E-state index in [1.807, 2.05) is 12.1 Å². The average molecular weight is 574 g/mol. The van der Waals surface area contributed by atoms with Crippen LogP contribution in [0.5, 0.6) is 0 Å². The maximum absolute atomic E-state index is 13.6. The first-order valence-corrected chi connectivity index (χ1v) is 14.1. The molecule has 4 rings (SSSR count). The minimum atomic E-state index is -1.70. The van der Waals surface area contributed by atoms with Gasteiger partial charge in [0.2, 0.25) is 5.91 Å². The van der Waals surface area contributed by atoms with E-state index in [1.165, 1.54) is 49.8 Å². The molecule has 3 aromatic rings. The molecule has 0 radical (unpaired) electrons. The summed E-state index contributed by atoms with van der Waals surface area (Å²) < 4.78 is 0. The minimum Gasteiger partial charge on any atom is -0.479 e. The van der Waals surface area contributed by atoms with Gasteiger partial charge in [-0.15, -0.1) is 0 Å². The van der Waals surface area contributed by atoms with Crippen molar-refractivity contribution in [2.45, 2.75) is 63.5 Å². The van der Waals surface area contributed by atoms with Crippen LogP contribution < -0.4 is 10.2 Å². The molecule has 1 saturated carbocycles. The third kappa shape index (κ3) is 8.23. The van der Waals surface area contributed by atoms with E-state index in [0.717, 1.165) is 11.3 Å². The summed E-state index contributed by atoms with van der Waals surface area (Å²) in [7, 11) is 0. The molecule has 0 aromatic heterocycles. The Kier molecular flexibility index (Phi) is 10.4. The van der Waals surface area contributed by atoms with Crippen molar-refractivity contribution in [1.82, 2.24) is 5.32 Å². The number of non-ortho nitro benzene ring substituents is 1. The van der Waals surface area contributed by atoms with Gasteiger partial charge in [0.05, 0.1) is 18.0 Å². The molecular formula is C32H35N3O7. The van der Waals surface area contributed by atoms with E-state index in [4.69, 9.17) is 5.11 Å². The van der Waals surface area contributed by atoms with Crippen molar-refractivity contribution >= 4 is 29.2 Å². The number of carboxylic acid groups (broad SMARTS) is 1. The first kappa shape index (κ1) is 30.4. The summed E-state index contributed by atoms with van der Waals surface area (Å²) in [5.41, 5.74) is 3.76. The maximum atomic E-state index is 13.6. The van der Waals surface area contributed by atoms with Crippen LogP contribution in [0.25, 0.3) is 0 Å². The van der Waals surface area contributed by atoms with Crippen molar-refractivity contribution in [3.05, 3.63) is 105 Å².